The van der Waals surface area contributed by atoms with Gasteiger partial charge in [0.1, 0.15) is 11.2 Å². The van der Waals surface area contributed by atoms with Gasteiger partial charge in [-0.15, -0.1) is 0 Å². The molecule has 3 aromatic carbocycles. The van der Waals surface area contributed by atoms with Crippen molar-refractivity contribution in [2.24, 2.45) is 5.41 Å². The number of hydrogen-bond donors (Lipinski definition) is 0. The van der Waals surface area contributed by atoms with Gasteiger partial charge < -0.3 is 4.74 Å². The molecule has 0 aliphatic carbocycles. The van der Waals surface area contributed by atoms with Crippen molar-refractivity contribution in [3.05, 3.63) is 89.4 Å². The highest BCUT2D eigenvalue weighted by molar-refractivity contribution is 6.31. The largest absolute Gasteiger partial charge is 0.497 e. The molecule has 6 nitrogen and oxygen atoms in total. The van der Waals surface area contributed by atoms with Gasteiger partial charge in [0.2, 0.25) is 5.91 Å². The zero-order valence-electron chi connectivity index (χ0n) is 17.6. The molecule has 0 bridgehead atoms. The number of nitrogens with zero attached hydrogens (tertiary/aromatic N) is 2. The number of methoxy groups -OCH3 is 1. The van der Waals surface area contributed by atoms with E-state index in [1.54, 1.807) is 43.4 Å². The summed E-state index contributed by atoms with van der Waals surface area (Å²) >= 11 is 6.00. The lowest BCUT2D eigenvalue weighted by Gasteiger charge is -2.32. The minimum absolute atomic E-state index is 0.311. The first-order chi connectivity index (χ1) is 15.4. The number of imide groups is 1. The molecule has 0 spiro atoms. The molecule has 2 fully saturated rings. The van der Waals surface area contributed by atoms with E-state index >= 15 is 0 Å². The molecule has 0 aromatic heterocycles. The van der Waals surface area contributed by atoms with Gasteiger partial charge >= 0.3 is 0 Å². The maximum atomic E-state index is 13.8. The summed E-state index contributed by atoms with van der Waals surface area (Å²) in [6.45, 7) is 1.80. The third-order valence-electron chi connectivity index (χ3n) is 6.20. The number of anilines is 2. The van der Waals surface area contributed by atoms with Crippen molar-refractivity contribution < 1.29 is 19.2 Å². The van der Waals surface area contributed by atoms with Crippen molar-refractivity contribution in [2.75, 3.05) is 17.1 Å². The topological polar surface area (TPSA) is 59.1 Å². The Bertz CT molecular complexity index is 1170. The standard InChI is InChI=1S/C25H21ClN2O4/c1-25-21(16-8-14-20(31-2)15-9-16)28(19-6-4-3-5-7-19)32-22(25)23(29)27(24(25)30)18-12-10-17(26)11-13-18/h3-15,21-22H,1-2H3/t21-,22+,25+/m0/s1. The number of amides is 2. The fourth-order valence-electron chi connectivity index (χ4n) is 4.55. The summed E-state index contributed by atoms with van der Waals surface area (Å²) in [6, 6.07) is 23.1. The molecule has 0 radical (unpaired) electrons. The van der Waals surface area contributed by atoms with E-state index in [0.29, 0.717) is 16.5 Å². The number of rotatable bonds is 4. The highest BCUT2D eigenvalue weighted by atomic mass is 35.5. The van der Waals surface area contributed by atoms with E-state index in [1.165, 1.54) is 4.90 Å². The SMILES string of the molecule is COc1ccc([C@@H]2N(c3ccccc3)O[C@@H]3C(=O)N(c4ccc(Cl)cc4)C(=O)[C@@]32C)cc1. The van der Waals surface area contributed by atoms with Crippen LogP contribution in [-0.2, 0) is 14.4 Å². The average molecular weight is 449 g/mol. The zero-order valence-corrected chi connectivity index (χ0v) is 18.3. The maximum Gasteiger partial charge on any atom is 0.266 e. The van der Waals surface area contributed by atoms with Gasteiger partial charge in [-0.3, -0.25) is 14.4 Å². The summed E-state index contributed by atoms with van der Waals surface area (Å²) in [5.41, 5.74) is 0.950. The zero-order chi connectivity index (χ0) is 22.5. The second-order valence-corrected chi connectivity index (χ2v) is 8.50. The summed E-state index contributed by atoms with van der Waals surface area (Å²) in [5, 5.41) is 2.21. The molecule has 2 aliphatic heterocycles. The van der Waals surface area contributed by atoms with Crippen LogP contribution in [0.3, 0.4) is 0 Å². The normalized spacial score (nSPS) is 24.7. The van der Waals surface area contributed by atoms with Gasteiger partial charge in [0.25, 0.3) is 5.91 Å². The first-order valence-corrected chi connectivity index (χ1v) is 10.6. The molecule has 2 saturated heterocycles. The maximum absolute atomic E-state index is 13.8. The number of hydrogen-bond acceptors (Lipinski definition) is 5. The fourth-order valence-corrected chi connectivity index (χ4v) is 4.67. The van der Waals surface area contributed by atoms with Crippen molar-refractivity contribution in [2.45, 2.75) is 19.1 Å². The van der Waals surface area contributed by atoms with Gasteiger partial charge in [-0.05, 0) is 61.0 Å². The van der Waals surface area contributed by atoms with Gasteiger partial charge in [0.05, 0.1) is 24.5 Å². The van der Waals surface area contributed by atoms with E-state index in [1.807, 2.05) is 54.6 Å². The third kappa shape index (κ3) is 2.98. The van der Waals surface area contributed by atoms with Gasteiger partial charge in [-0.1, -0.05) is 41.9 Å². The first kappa shape index (κ1) is 20.5. The summed E-state index contributed by atoms with van der Waals surface area (Å²) in [5.74, 6) is 0.00285. The lowest BCUT2D eigenvalue weighted by Crippen LogP contribution is -2.41. The molecule has 2 heterocycles. The predicted molar refractivity (Wildman–Crippen MR) is 122 cm³/mol. The van der Waals surface area contributed by atoms with Crippen molar-refractivity contribution >= 4 is 34.8 Å². The Balaban J connectivity index is 1.62. The molecule has 2 aliphatic rings. The van der Waals surface area contributed by atoms with E-state index in [9.17, 15) is 9.59 Å². The van der Waals surface area contributed by atoms with Crippen molar-refractivity contribution in [1.29, 1.82) is 0 Å². The van der Waals surface area contributed by atoms with Gasteiger partial charge in [-0.25, -0.2) is 9.96 Å². The van der Waals surface area contributed by atoms with E-state index in [4.69, 9.17) is 21.2 Å². The molecule has 5 rings (SSSR count). The summed E-state index contributed by atoms with van der Waals surface area (Å²) in [4.78, 5) is 34.7. The summed E-state index contributed by atoms with van der Waals surface area (Å²) in [7, 11) is 1.60. The molecule has 162 valence electrons. The van der Waals surface area contributed by atoms with Crippen LogP contribution < -0.4 is 14.7 Å². The molecule has 2 amide bonds. The Morgan fingerprint density at radius 1 is 0.906 bits per heavy atom. The number of fused-ring (bicyclic) bond motifs is 1. The summed E-state index contributed by atoms with van der Waals surface area (Å²) in [6.07, 6.45) is -0.960. The molecule has 32 heavy (non-hydrogen) atoms. The van der Waals surface area contributed by atoms with Crippen LogP contribution in [0, 0.1) is 5.41 Å². The number of benzene rings is 3. The molecular formula is C25H21ClN2O4. The molecule has 0 saturated carbocycles. The van der Waals surface area contributed by atoms with Crippen molar-refractivity contribution in [3.63, 3.8) is 0 Å². The van der Waals surface area contributed by atoms with Crippen LogP contribution in [0.25, 0.3) is 0 Å². The summed E-state index contributed by atoms with van der Waals surface area (Å²) < 4.78 is 5.29. The quantitative estimate of drug-likeness (QED) is 0.537. The molecule has 0 N–H and O–H groups in total. The van der Waals surface area contributed by atoms with Crippen LogP contribution in [0.4, 0.5) is 11.4 Å². The van der Waals surface area contributed by atoms with Crippen molar-refractivity contribution in [3.8, 4) is 5.75 Å². The van der Waals surface area contributed by atoms with E-state index in [2.05, 4.69) is 0 Å². The number of carbonyl (C=O) groups is 2. The Kier molecular flexibility index (Phi) is 4.92. The van der Waals surface area contributed by atoms with Crippen LogP contribution in [0.2, 0.25) is 5.02 Å². The van der Waals surface area contributed by atoms with Crippen LogP contribution in [0.5, 0.6) is 5.75 Å². The van der Waals surface area contributed by atoms with Crippen LogP contribution >= 0.6 is 11.6 Å². The Labute approximate surface area is 190 Å². The smallest absolute Gasteiger partial charge is 0.266 e. The van der Waals surface area contributed by atoms with Gasteiger partial charge in [-0.2, -0.15) is 0 Å². The number of halogens is 1. The highest BCUT2D eigenvalue weighted by Crippen LogP contribution is 2.55. The molecule has 3 aromatic rings. The lowest BCUT2D eigenvalue weighted by molar-refractivity contribution is -0.128. The molecular weight excluding hydrogens is 428 g/mol. The molecule has 0 unspecified atom stereocenters. The molecule has 3 atom stereocenters. The first-order valence-electron chi connectivity index (χ1n) is 10.2. The number of para-hydroxylation sites is 1. The predicted octanol–water partition coefficient (Wildman–Crippen LogP) is 4.79. The van der Waals surface area contributed by atoms with E-state index in [0.717, 1.165) is 11.3 Å². The number of ether oxygens (including phenoxy) is 1. The van der Waals surface area contributed by atoms with Crippen LogP contribution in [0.15, 0.2) is 78.9 Å². The van der Waals surface area contributed by atoms with Crippen LogP contribution in [-0.4, -0.2) is 25.0 Å². The van der Waals surface area contributed by atoms with Gasteiger partial charge in [0.15, 0.2) is 6.10 Å². The highest BCUT2D eigenvalue weighted by Gasteiger charge is 2.68. The Hall–Kier alpha value is -3.35. The third-order valence-corrected chi connectivity index (χ3v) is 6.45. The van der Waals surface area contributed by atoms with Gasteiger partial charge in [0, 0.05) is 5.02 Å². The number of hydroxylamine groups is 1. The number of carbonyl (C=O) groups excluding carboxylic acids is 2. The minimum Gasteiger partial charge on any atom is -0.497 e. The minimum atomic E-state index is -1.14. The Morgan fingerprint density at radius 2 is 1.56 bits per heavy atom. The van der Waals surface area contributed by atoms with Crippen LogP contribution in [0.1, 0.15) is 18.5 Å². The van der Waals surface area contributed by atoms with Crippen molar-refractivity contribution in [1.82, 2.24) is 0 Å². The average Bonchev–Trinajstić information content (AvgIpc) is 3.23. The van der Waals surface area contributed by atoms with E-state index < -0.39 is 23.5 Å². The van der Waals surface area contributed by atoms with E-state index in [-0.39, 0.29) is 5.91 Å². The lowest BCUT2D eigenvalue weighted by atomic mass is 9.76. The monoisotopic (exact) mass is 448 g/mol. The molecule has 7 heteroatoms. The second-order valence-electron chi connectivity index (χ2n) is 8.06. The fraction of sp³-hybridized carbons (Fsp3) is 0.200. The second kappa shape index (κ2) is 7.65. The Morgan fingerprint density at radius 3 is 2.19 bits per heavy atom.